The number of nitrogens with one attached hydrogen (secondary N) is 2. The largest absolute Gasteiger partial charge is 0.468 e. The summed E-state index contributed by atoms with van der Waals surface area (Å²) in [4.78, 5) is 12.7. The molecule has 0 fully saturated rings. The third kappa shape index (κ3) is 7.73. The molecule has 0 saturated carbocycles. The van der Waals surface area contributed by atoms with E-state index in [0.29, 0.717) is 13.1 Å². The minimum atomic E-state index is 0. The number of aromatic nitrogens is 1. The minimum Gasteiger partial charge on any atom is -0.468 e. The van der Waals surface area contributed by atoms with Gasteiger partial charge in [0, 0.05) is 24.2 Å². The summed E-state index contributed by atoms with van der Waals surface area (Å²) in [7, 11) is 2.10. The summed E-state index contributed by atoms with van der Waals surface area (Å²) in [5, 5.41) is 7.75. The van der Waals surface area contributed by atoms with Gasteiger partial charge < -0.3 is 15.1 Å². The predicted octanol–water partition coefficient (Wildman–Crippen LogP) is 4.55. The molecule has 3 aromatic rings. The second-order valence-corrected chi connectivity index (χ2v) is 8.25. The van der Waals surface area contributed by atoms with E-state index in [1.165, 1.54) is 16.0 Å². The highest BCUT2D eigenvalue weighted by atomic mass is 127. The Morgan fingerprint density at radius 2 is 1.93 bits per heavy atom. The summed E-state index contributed by atoms with van der Waals surface area (Å²) in [6, 6.07) is 12.4. The molecule has 8 heteroatoms. The van der Waals surface area contributed by atoms with Crippen LogP contribution in [-0.4, -0.2) is 29.4 Å². The van der Waals surface area contributed by atoms with Crippen molar-refractivity contribution in [2.75, 3.05) is 13.6 Å². The van der Waals surface area contributed by atoms with Crippen molar-refractivity contribution in [1.29, 1.82) is 0 Å². The Kier molecular flexibility index (Phi) is 10.3. The van der Waals surface area contributed by atoms with Gasteiger partial charge in [-0.25, -0.2) is 9.98 Å². The van der Waals surface area contributed by atoms with Gasteiger partial charge >= 0.3 is 0 Å². The molecule has 30 heavy (non-hydrogen) atoms. The van der Waals surface area contributed by atoms with Gasteiger partial charge in [-0.2, -0.15) is 0 Å². The third-order valence-corrected chi connectivity index (χ3v) is 5.31. The average molecular weight is 539 g/mol. The van der Waals surface area contributed by atoms with E-state index in [0.717, 1.165) is 36.4 Å². The quantitative estimate of drug-likeness (QED) is 0.237. The molecule has 0 aliphatic carbocycles. The summed E-state index contributed by atoms with van der Waals surface area (Å²) >= 11 is 1.70. The number of nitrogens with zero attached hydrogens (tertiary/aromatic N) is 3. The lowest BCUT2D eigenvalue weighted by Gasteiger charge is -2.17. The summed E-state index contributed by atoms with van der Waals surface area (Å²) in [5.74, 6) is 1.78. The molecule has 0 bridgehead atoms. The molecule has 0 atom stereocenters. The van der Waals surface area contributed by atoms with E-state index in [2.05, 4.69) is 65.7 Å². The normalized spacial score (nSPS) is 11.4. The van der Waals surface area contributed by atoms with Gasteiger partial charge in [0.1, 0.15) is 10.8 Å². The number of thiazole rings is 1. The van der Waals surface area contributed by atoms with E-state index in [1.807, 2.05) is 18.3 Å². The first-order valence-electron chi connectivity index (χ1n) is 9.85. The van der Waals surface area contributed by atoms with Crippen LogP contribution in [0.3, 0.4) is 0 Å². The molecule has 2 heterocycles. The van der Waals surface area contributed by atoms with Crippen LogP contribution in [0.5, 0.6) is 0 Å². The minimum absolute atomic E-state index is 0. The molecular weight excluding hydrogens is 509 g/mol. The van der Waals surface area contributed by atoms with Crippen molar-refractivity contribution in [2.45, 2.75) is 40.0 Å². The monoisotopic (exact) mass is 539 g/mol. The number of guanidine groups is 1. The number of hydrogen-bond acceptors (Lipinski definition) is 5. The zero-order valence-corrected chi connectivity index (χ0v) is 20.9. The number of rotatable bonds is 9. The molecule has 3 rings (SSSR count). The van der Waals surface area contributed by atoms with E-state index in [9.17, 15) is 0 Å². The summed E-state index contributed by atoms with van der Waals surface area (Å²) in [5.41, 5.74) is 2.50. The Morgan fingerprint density at radius 3 is 2.60 bits per heavy atom. The van der Waals surface area contributed by atoms with Gasteiger partial charge in [0.2, 0.25) is 0 Å². The van der Waals surface area contributed by atoms with Crippen LogP contribution in [0, 0.1) is 6.92 Å². The van der Waals surface area contributed by atoms with E-state index < -0.39 is 0 Å². The lowest BCUT2D eigenvalue weighted by atomic mass is 10.1. The van der Waals surface area contributed by atoms with Gasteiger partial charge in [0.05, 0.1) is 25.9 Å². The van der Waals surface area contributed by atoms with Crippen LogP contribution in [0.15, 0.2) is 58.3 Å². The Hall–Kier alpha value is -1.91. The maximum Gasteiger partial charge on any atom is 0.191 e. The first kappa shape index (κ1) is 24.4. The first-order valence-corrected chi connectivity index (χ1v) is 10.7. The van der Waals surface area contributed by atoms with Crippen LogP contribution in [-0.2, 0) is 26.2 Å². The molecule has 0 aliphatic rings. The average Bonchev–Trinajstić information content (AvgIpc) is 3.36. The third-order valence-electron chi connectivity index (χ3n) is 4.39. The van der Waals surface area contributed by atoms with Crippen molar-refractivity contribution in [3.8, 4) is 0 Å². The maximum absolute atomic E-state index is 5.46. The zero-order valence-electron chi connectivity index (χ0n) is 17.7. The number of halogens is 1. The number of furan rings is 1. The highest BCUT2D eigenvalue weighted by Gasteiger charge is 2.08. The molecule has 2 N–H and O–H groups in total. The van der Waals surface area contributed by atoms with E-state index in [1.54, 1.807) is 17.6 Å². The molecule has 0 unspecified atom stereocenters. The fraction of sp³-hybridized carbons (Fsp3) is 0.364. The standard InChI is InChI=1S/C22H29N5OS.HI/c1-4-23-22(26-14-21-24-12-17(2)29-21)25-13-18-8-5-6-9-19(18)15-27(3)16-20-10-7-11-28-20;/h5-12H,4,13-16H2,1-3H3,(H2,23,25,26);1H. The Balaban J connectivity index is 0.00000320. The van der Waals surface area contributed by atoms with E-state index in [4.69, 9.17) is 9.41 Å². The molecule has 0 saturated heterocycles. The van der Waals surface area contributed by atoms with Gasteiger partial charge in [-0.1, -0.05) is 24.3 Å². The highest BCUT2D eigenvalue weighted by Crippen LogP contribution is 2.15. The summed E-state index contributed by atoms with van der Waals surface area (Å²) < 4.78 is 5.46. The van der Waals surface area contributed by atoms with Crippen molar-refractivity contribution in [3.63, 3.8) is 0 Å². The van der Waals surface area contributed by atoms with Crippen LogP contribution in [0.2, 0.25) is 0 Å². The van der Waals surface area contributed by atoms with E-state index in [-0.39, 0.29) is 24.0 Å². The fourth-order valence-electron chi connectivity index (χ4n) is 3.03. The SMILES string of the molecule is CCNC(=NCc1ccccc1CN(C)Cc1ccco1)NCc1ncc(C)s1.I. The van der Waals surface area contributed by atoms with Gasteiger partial charge in [-0.3, -0.25) is 4.90 Å². The van der Waals surface area contributed by atoms with Gasteiger partial charge in [-0.05, 0) is 44.2 Å². The zero-order chi connectivity index (χ0) is 20.5. The number of benzene rings is 1. The van der Waals surface area contributed by atoms with Crippen molar-refractivity contribution in [2.24, 2.45) is 4.99 Å². The smallest absolute Gasteiger partial charge is 0.191 e. The Labute approximate surface area is 199 Å². The molecule has 0 spiro atoms. The molecule has 0 aliphatic heterocycles. The van der Waals surface area contributed by atoms with Crippen LogP contribution in [0.25, 0.3) is 0 Å². The van der Waals surface area contributed by atoms with Gasteiger partial charge in [0.25, 0.3) is 0 Å². The molecule has 0 radical (unpaired) electrons. The number of aryl methyl sites for hydroxylation is 1. The Bertz CT molecular complexity index is 910. The number of hydrogen-bond donors (Lipinski definition) is 2. The highest BCUT2D eigenvalue weighted by molar-refractivity contribution is 14.0. The van der Waals surface area contributed by atoms with Crippen LogP contribution < -0.4 is 10.6 Å². The lowest BCUT2D eigenvalue weighted by molar-refractivity contribution is 0.287. The number of aliphatic imine (C=N–C) groups is 1. The topological polar surface area (TPSA) is 65.7 Å². The molecular formula is C22H30IN5OS. The van der Waals surface area contributed by atoms with Crippen LogP contribution in [0.4, 0.5) is 0 Å². The van der Waals surface area contributed by atoms with Crippen LogP contribution in [0.1, 0.15) is 33.7 Å². The second kappa shape index (κ2) is 12.7. The lowest BCUT2D eigenvalue weighted by Crippen LogP contribution is -2.36. The summed E-state index contributed by atoms with van der Waals surface area (Å²) in [6.45, 7) is 7.88. The predicted molar refractivity (Wildman–Crippen MR) is 134 cm³/mol. The maximum atomic E-state index is 5.46. The molecule has 2 aromatic heterocycles. The molecule has 1 aromatic carbocycles. The van der Waals surface area contributed by atoms with Crippen molar-refractivity contribution >= 4 is 41.3 Å². The van der Waals surface area contributed by atoms with E-state index >= 15 is 0 Å². The van der Waals surface area contributed by atoms with Gasteiger partial charge in [-0.15, -0.1) is 35.3 Å². The Morgan fingerprint density at radius 1 is 1.13 bits per heavy atom. The second-order valence-electron chi connectivity index (χ2n) is 6.93. The molecule has 6 nitrogen and oxygen atoms in total. The van der Waals surface area contributed by atoms with Crippen molar-refractivity contribution < 1.29 is 4.42 Å². The summed E-state index contributed by atoms with van der Waals surface area (Å²) in [6.07, 6.45) is 3.62. The first-order chi connectivity index (χ1) is 14.1. The van der Waals surface area contributed by atoms with Gasteiger partial charge in [0.15, 0.2) is 5.96 Å². The fourth-order valence-corrected chi connectivity index (χ4v) is 3.76. The molecule has 0 amide bonds. The van der Waals surface area contributed by atoms with Crippen molar-refractivity contribution in [1.82, 2.24) is 20.5 Å². The van der Waals surface area contributed by atoms with Crippen LogP contribution >= 0.6 is 35.3 Å². The molecule has 162 valence electrons. The van der Waals surface area contributed by atoms with Crippen molar-refractivity contribution in [3.05, 3.63) is 75.6 Å².